The van der Waals surface area contributed by atoms with Crippen molar-refractivity contribution in [1.29, 1.82) is 0 Å². The van der Waals surface area contributed by atoms with E-state index in [0.29, 0.717) is 24.8 Å². The summed E-state index contributed by atoms with van der Waals surface area (Å²) in [5.41, 5.74) is 5.95. The highest BCUT2D eigenvalue weighted by molar-refractivity contribution is 7.89. The van der Waals surface area contributed by atoms with Crippen LogP contribution in [-0.2, 0) is 10.0 Å². The van der Waals surface area contributed by atoms with E-state index < -0.39 is 10.0 Å². The highest BCUT2D eigenvalue weighted by atomic mass is 35.5. The number of hydrogen-bond donors (Lipinski definition) is 1. The van der Waals surface area contributed by atoms with Gasteiger partial charge in [0.1, 0.15) is 0 Å². The van der Waals surface area contributed by atoms with Crippen LogP contribution in [0.2, 0.25) is 0 Å². The molecule has 19 heavy (non-hydrogen) atoms. The topological polar surface area (TPSA) is 63.4 Å². The van der Waals surface area contributed by atoms with E-state index in [0.717, 1.165) is 19.3 Å². The highest BCUT2D eigenvalue weighted by Crippen LogP contribution is 2.27. The van der Waals surface area contributed by atoms with Crippen molar-refractivity contribution in [3.8, 4) is 0 Å². The predicted molar refractivity (Wildman–Crippen MR) is 80.9 cm³/mol. The lowest BCUT2D eigenvalue weighted by Gasteiger charge is -2.35. The molecule has 1 aliphatic carbocycles. The summed E-state index contributed by atoms with van der Waals surface area (Å²) in [4.78, 5) is 0. The zero-order valence-corrected chi connectivity index (χ0v) is 13.4. The molecule has 1 heterocycles. The fourth-order valence-corrected chi connectivity index (χ4v) is 5.12. The number of piperidine rings is 1. The summed E-state index contributed by atoms with van der Waals surface area (Å²) < 4.78 is 26.5. The summed E-state index contributed by atoms with van der Waals surface area (Å²) in [6.45, 7) is 3.27. The van der Waals surface area contributed by atoms with Crippen LogP contribution in [0.1, 0.15) is 45.4 Å². The van der Waals surface area contributed by atoms with Gasteiger partial charge in [-0.15, -0.1) is 12.4 Å². The van der Waals surface area contributed by atoms with Gasteiger partial charge in [0.15, 0.2) is 0 Å². The first-order valence-electron chi connectivity index (χ1n) is 7.22. The molecular formula is C13H27ClN2O2S. The molecule has 1 saturated carbocycles. The molecule has 0 bridgehead atoms. The van der Waals surface area contributed by atoms with Crippen LogP contribution >= 0.6 is 12.4 Å². The van der Waals surface area contributed by atoms with Gasteiger partial charge in [-0.25, -0.2) is 12.7 Å². The summed E-state index contributed by atoms with van der Waals surface area (Å²) in [7, 11) is -3.06. The molecule has 2 atom stereocenters. The molecule has 114 valence electrons. The first kappa shape index (κ1) is 17.2. The summed E-state index contributed by atoms with van der Waals surface area (Å²) in [5.74, 6) is 1.02. The lowest BCUT2D eigenvalue weighted by Crippen LogP contribution is -2.49. The monoisotopic (exact) mass is 310 g/mol. The van der Waals surface area contributed by atoms with Crippen LogP contribution in [0.15, 0.2) is 0 Å². The van der Waals surface area contributed by atoms with Crippen molar-refractivity contribution in [3.63, 3.8) is 0 Å². The van der Waals surface area contributed by atoms with Crippen LogP contribution in [0, 0.1) is 11.8 Å². The minimum atomic E-state index is -3.06. The molecule has 1 aliphatic heterocycles. The summed E-state index contributed by atoms with van der Waals surface area (Å²) >= 11 is 0. The largest absolute Gasteiger partial charge is 0.327 e. The van der Waals surface area contributed by atoms with Gasteiger partial charge in [-0.3, -0.25) is 0 Å². The van der Waals surface area contributed by atoms with Crippen LogP contribution in [0.3, 0.4) is 0 Å². The molecule has 2 rings (SSSR count). The molecule has 0 aromatic rings. The molecule has 2 N–H and O–H groups in total. The predicted octanol–water partition coefficient (Wildman–Crippen LogP) is 1.99. The zero-order chi connectivity index (χ0) is 13.2. The van der Waals surface area contributed by atoms with Gasteiger partial charge in [-0.1, -0.05) is 26.2 Å². The van der Waals surface area contributed by atoms with Crippen LogP contribution in [-0.4, -0.2) is 37.6 Å². The maximum Gasteiger partial charge on any atom is 0.214 e. The Kier molecular flexibility index (Phi) is 6.57. The summed E-state index contributed by atoms with van der Waals surface area (Å²) in [6, 6.07) is 0.158. The van der Waals surface area contributed by atoms with Crippen molar-refractivity contribution in [2.24, 2.45) is 17.6 Å². The van der Waals surface area contributed by atoms with Crippen molar-refractivity contribution < 1.29 is 8.42 Å². The first-order valence-corrected chi connectivity index (χ1v) is 8.83. The molecular weight excluding hydrogens is 284 g/mol. The zero-order valence-electron chi connectivity index (χ0n) is 11.8. The van der Waals surface area contributed by atoms with Crippen molar-refractivity contribution >= 4 is 22.4 Å². The Labute approximate surface area is 123 Å². The average molecular weight is 311 g/mol. The third-order valence-corrected chi connectivity index (χ3v) is 6.51. The number of rotatable bonds is 3. The molecule has 4 nitrogen and oxygen atoms in total. The Balaban J connectivity index is 0.00000180. The van der Waals surface area contributed by atoms with E-state index in [1.165, 1.54) is 19.3 Å². The SMILES string of the molecule is CC1CN(S(=O)(=O)CC2CCCCC2)CCC1N.Cl. The summed E-state index contributed by atoms with van der Waals surface area (Å²) in [6.07, 6.45) is 6.63. The van der Waals surface area contributed by atoms with E-state index >= 15 is 0 Å². The normalized spacial score (nSPS) is 30.8. The van der Waals surface area contributed by atoms with Gasteiger partial charge in [-0.2, -0.15) is 0 Å². The molecule has 0 radical (unpaired) electrons. The molecule has 0 aromatic carbocycles. The molecule has 0 spiro atoms. The van der Waals surface area contributed by atoms with E-state index in [1.807, 2.05) is 6.92 Å². The minimum Gasteiger partial charge on any atom is -0.327 e. The Hall–Kier alpha value is 0.160. The van der Waals surface area contributed by atoms with Crippen LogP contribution < -0.4 is 5.73 Å². The average Bonchev–Trinajstić information content (AvgIpc) is 2.33. The van der Waals surface area contributed by atoms with E-state index in [1.54, 1.807) is 4.31 Å². The van der Waals surface area contributed by atoms with E-state index in [2.05, 4.69) is 0 Å². The molecule has 6 heteroatoms. The molecule has 2 aliphatic rings. The lowest BCUT2D eigenvalue weighted by molar-refractivity contribution is 0.247. The maximum atomic E-state index is 12.4. The fraction of sp³-hybridized carbons (Fsp3) is 1.00. The van der Waals surface area contributed by atoms with Gasteiger partial charge in [0.05, 0.1) is 5.75 Å². The second-order valence-electron chi connectivity index (χ2n) is 6.07. The molecule has 1 saturated heterocycles. The fourth-order valence-electron chi connectivity index (χ4n) is 3.14. The Bertz CT molecular complexity index is 369. The minimum absolute atomic E-state index is 0. The van der Waals surface area contributed by atoms with Gasteiger partial charge < -0.3 is 5.73 Å². The van der Waals surface area contributed by atoms with E-state index in [9.17, 15) is 8.42 Å². The van der Waals surface area contributed by atoms with Gasteiger partial charge in [0.25, 0.3) is 0 Å². The molecule has 0 amide bonds. The number of nitrogens with two attached hydrogens (primary N) is 1. The van der Waals surface area contributed by atoms with Gasteiger partial charge in [-0.05, 0) is 31.1 Å². The quantitative estimate of drug-likeness (QED) is 0.867. The number of halogens is 1. The second kappa shape index (κ2) is 7.25. The standard InChI is InChI=1S/C13H26N2O2S.ClH/c1-11-9-15(8-7-13(11)14)18(16,17)10-12-5-3-2-4-6-12;/h11-13H,2-10,14H2,1H3;1H. The first-order chi connectivity index (χ1) is 8.49. The van der Waals surface area contributed by atoms with Crippen LogP contribution in [0.5, 0.6) is 0 Å². The third-order valence-electron chi connectivity index (χ3n) is 4.50. The van der Waals surface area contributed by atoms with E-state index in [4.69, 9.17) is 5.73 Å². The number of hydrogen-bond acceptors (Lipinski definition) is 3. The Morgan fingerprint density at radius 1 is 1.16 bits per heavy atom. The maximum absolute atomic E-state index is 12.4. The molecule has 2 unspecified atom stereocenters. The smallest absolute Gasteiger partial charge is 0.214 e. The van der Waals surface area contributed by atoms with Crippen molar-refractivity contribution in [3.05, 3.63) is 0 Å². The van der Waals surface area contributed by atoms with E-state index in [-0.39, 0.29) is 24.4 Å². The van der Waals surface area contributed by atoms with Gasteiger partial charge in [0, 0.05) is 19.1 Å². The second-order valence-corrected chi connectivity index (χ2v) is 8.08. The number of nitrogens with zero attached hydrogens (tertiary/aromatic N) is 1. The van der Waals surface area contributed by atoms with Gasteiger partial charge in [0.2, 0.25) is 10.0 Å². The van der Waals surface area contributed by atoms with Gasteiger partial charge >= 0.3 is 0 Å². The Morgan fingerprint density at radius 2 is 1.79 bits per heavy atom. The lowest BCUT2D eigenvalue weighted by atomic mass is 9.91. The van der Waals surface area contributed by atoms with Crippen LogP contribution in [0.25, 0.3) is 0 Å². The number of sulfonamides is 1. The van der Waals surface area contributed by atoms with Crippen molar-refractivity contribution in [2.75, 3.05) is 18.8 Å². The molecule has 2 fully saturated rings. The van der Waals surface area contributed by atoms with Crippen molar-refractivity contribution in [2.45, 2.75) is 51.5 Å². The highest BCUT2D eigenvalue weighted by Gasteiger charge is 2.32. The van der Waals surface area contributed by atoms with Crippen LogP contribution in [0.4, 0.5) is 0 Å². The molecule has 0 aromatic heterocycles. The summed E-state index contributed by atoms with van der Waals surface area (Å²) in [5, 5.41) is 0. The third kappa shape index (κ3) is 4.59. The Morgan fingerprint density at radius 3 is 2.37 bits per heavy atom. The van der Waals surface area contributed by atoms with Crippen molar-refractivity contribution in [1.82, 2.24) is 4.31 Å².